The molecule has 1 aromatic carbocycles. The van der Waals surface area contributed by atoms with Gasteiger partial charge in [0, 0.05) is 24.7 Å². The molecule has 17 heavy (non-hydrogen) atoms. The highest BCUT2D eigenvalue weighted by Gasteiger charge is 2.09. The minimum Gasteiger partial charge on any atom is -0.356 e. The zero-order valence-corrected chi connectivity index (χ0v) is 10.7. The van der Waals surface area contributed by atoms with Crippen molar-refractivity contribution >= 4 is 16.6 Å². The van der Waals surface area contributed by atoms with Gasteiger partial charge in [0.25, 0.3) is 0 Å². The Hall–Kier alpha value is -1.57. The summed E-state index contributed by atoms with van der Waals surface area (Å²) < 4.78 is 0. The first-order chi connectivity index (χ1) is 8.36. The van der Waals surface area contributed by atoms with Crippen molar-refractivity contribution in [2.75, 3.05) is 18.0 Å². The van der Waals surface area contributed by atoms with Crippen molar-refractivity contribution in [1.82, 2.24) is 4.98 Å². The van der Waals surface area contributed by atoms with E-state index >= 15 is 0 Å². The molecule has 2 rings (SSSR count). The molecule has 0 bridgehead atoms. The second-order valence-electron chi connectivity index (χ2n) is 4.34. The van der Waals surface area contributed by atoms with E-state index < -0.39 is 0 Å². The van der Waals surface area contributed by atoms with Crippen molar-refractivity contribution in [2.45, 2.75) is 26.7 Å². The minimum atomic E-state index is 1.08. The molecule has 2 heteroatoms. The Balaban J connectivity index is 2.44. The highest BCUT2D eigenvalue weighted by Crippen LogP contribution is 2.24. The second kappa shape index (κ2) is 5.67. The van der Waals surface area contributed by atoms with Crippen LogP contribution in [0.15, 0.2) is 36.5 Å². The van der Waals surface area contributed by atoms with Crippen LogP contribution in [0.25, 0.3) is 10.8 Å². The first-order valence-corrected chi connectivity index (χ1v) is 6.45. The van der Waals surface area contributed by atoms with E-state index in [-0.39, 0.29) is 0 Å². The summed E-state index contributed by atoms with van der Waals surface area (Å²) in [6.45, 7) is 6.59. The van der Waals surface area contributed by atoms with E-state index in [1.807, 2.05) is 6.20 Å². The number of aromatic nitrogens is 1. The van der Waals surface area contributed by atoms with Crippen LogP contribution >= 0.6 is 0 Å². The molecular formula is C15H20N2. The van der Waals surface area contributed by atoms with Crippen LogP contribution in [0.1, 0.15) is 26.7 Å². The zero-order valence-electron chi connectivity index (χ0n) is 10.7. The summed E-state index contributed by atoms with van der Waals surface area (Å²) in [6, 6.07) is 10.6. The van der Waals surface area contributed by atoms with Gasteiger partial charge in [-0.1, -0.05) is 38.1 Å². The van der Waals surface area contributed by atoms with E-state index in [2.05, 4.69) is 54.1 Å². The Labute approximate surface area is 103 Å². The van der Waals surface area contributed by atoms with Crippen molar-refractivity contribution in [2.24, 2.45) is 0 Å². The van der Waals surface area contributed by atoms with Crippen LogP contribution in [0.4, 0.5) is 5.82 Å². The summed E-state index contributed by atoms with van der Waals surface area (Å²) in [5, 5.41) is 2.53. The van der Waals surface area contributed by atoms with E-state index in [9.17, 15) is 0 Å². The summed E-state index contributed by atoms with van der Waals surface area (Å²) in [5.41, 5.74) is 0. The lowest BCUT2D eigenvalue weighted by molar-refractivity contribution is 0.737. The normalized spacial score (nSPS) is 10.7. The molecule has 0 radical (unpaired) electrons. The highest BCUT2D eigenvalue weighted by atomic mass is 15.2. The number of benzene rings is 1. The van der Waals surface area contributed by atoms with Gasteiger partial charge >= 0.3 is 0 Å². The Morgan fingerprint density at radius 1 is 1.00 bits per heavy atom. The van der Waals surface area contributed by atoms with Crippen molar-refractivity contribution in [3.63, 3.8) is 0 Å². The lowest BCUT2D eigenvalue weighted by atomic mass is 10.1. The van der Waals surface area contributed by atoms with Crippen LogP contribution in [0.2, 0.25) is 0 Å². The molecule has 0 aliphatic carbocycles. The van der Waals surface area contributed by atoms with Crippen LogP contribution in [-0.4, -0.2) is 18.1 Å². The van der Waals surface area contributed by atoms with E-state index in [0.717, 1.165) is 31.7 Å². The number of hydrogen-bond acceptors (Lipinski definition) is 2. The minimum absolute atomic E-state index is 1.08. The average Bonchev–Trinajstić information content (AvgIpc) is 2.38. The smallest absolute Gasteiger partial charge is 0.136 e. The number of rotatable bonds is 5. The average molecular weight is 228 g/mol. The van der Waals surface area contributed by atoms with Crippen LogP contribution in [0.5, 0.6) is 0 Å². The van der Waals surface area contributed by atoms with Gasteiger partial charge in [-0.15, -0.1) is 0 Å². The molecule has 2 nitrogen and oxygen atoms in total. The Bertz CT molecular complexity index is 468. The maximum absolute atomic E-state index is 4.57. The molecule has 0 unspecified atom stereocenters. The Morgan fingerprint density at radius 2 is 1.71 bits per heavy atom. The molecule has 0 spiro atoms. The van der Waals surface area contributed by atoms with Gasteiger partial charge in [-0.3, -0.25) is 0 Å². The molecule has 0 saturated carbocycles. The topological polar surface area (TPSA) is 16.1 Å². The zero-order chi connectivity index (χ0) is 12.1. The van der Waals surface area contributed by atoms with Crippen LogP contribution in [-0.2, 0) is 0 Å². The number of pyridine rings is 1. The van der Waals surface area contributed by atoms with E-state index in [4.69, 9.17) is 0 Å². The fourth-order valence-corrected chi connectivity index (χ4v) is 2.22. The lowest BCUT2D eigenvalue weighted by Crippen LogP contribution is -2.25. The molecule has 1 aromatic heterocycles. The quantitative estimate of drug-likeness (QED) is 0.772. The van der Waals surface area contributed by atoms with Gasteiger partial charge in [-0.25, -0.2) is 4.98 Å². The van der Waals surface area contributed by atoms with Gasteiger partial charge in [0.1, 0.15) is 5.82 Å². The molecule has 0 fully saturated rings. The first kappa shape index (κ1) is 11.9. The number of nitrogens with zero attached hydrogens (tertiary/aromatic N) is 2. The molecule has 0 atom stereocenters. The fraction of sp³-hybridized carbons (Fsp3) is 0.400. The third-order valence-corrected chi connectivity index (χ3v) is 2.94. The second-order valence-corrected chi connectivity index (χ2v) is 4.34. The SMILES string of the molecule is CCCN(CCC)c1nccc2ccccc12. The lowest BCUT2D eigenvalue weighted by Gasteiger charge is -2.23. The fourth-order valence-electron chi connectivity index (χ4n) is 2.22. The van der Waals surface area contributed by atoms with Crippen molar-refractivity contribution in [1.29, 1.82) is 0 Å². The van der Waals surface area contributed by atoms with Crippen LogP contribution < -0.4 is 4.90 Å². The highest BCUT2D eigenvalue weighted by molar-refractivity contribution is 5.92. The summed E-state index contributed by atoms with van der Waals surface area (Å²) in [4.78, 5) is 6.96. The standard InChI is InChI=1S/C15H20N2/c1-3-11-17(12-4-2)15-14-8-6-5-7-13(14)9-10-16-15/h5-10H,3-4,11-12H2,1-2H3. The van der Waals surface area contributed by atoms with E-state index in [1.165, 1.54) is 10.8 Å². The van der Waals surface area contributed by atoms with Gasteiger partial charge in [0.05, 0.1) is 0 Å². The molecule has 0 saturated heterocycles. The van der Waals surface area contributed by atoms with Gasteiger partial charge in [-0.2, -0.15) is 0 Å². The summed E-state index contributed by atoms with van der Waals surface area (Å²) in [7, 11) is 0. The van der Waals surface area contributed by atoms with Crippen LogP contribution in [0.3, 0.4) is 0 Å². The number of fused-ring (bicyclic) bond motifs is 1. The van der Waals surface area contributed by atoms with Crippen molar-refractivity contribution in [3.05, 3.63) is 36.5 Å². The molecule has 1 heterocycles. The third-order valence-electron chi connectivity index (χ3n) is 2.94. The predicted molar refractivity (Wildman–Crippen MR) is 74.5 cm³/mol. The Kier molecular flexibility index (Phi) is 3.97. The molecule has 0 N–H and O–H groups in total. The van der Waals surface area contributed by atoms with Crippen molar-refractivity contribution < 1.29 is 0 Å². The van der Waals surface area contributed by atoms with E-state index in [0.29, 0.717) is 0 Å². The van der Waals surface area contributed by atoms with Crippen molar-refractivity contribution in [3.8, 4) is 0 Å². The monoisotopic (exact) mass is 228 g/mol. The molecule has 0 aliphatic heterocycles. The van der Waals surface area contributed by atoms with Crippen LogP contribution in [0, 0.1) is 0 Å². The number of hydrogen-bond donors (Lipinski definition) is 0. The first-order valence-electron chi connectivity index (χ1n) is 6.45. The number of anilines is 1. The summed E-state index contributed by atoms with van der Waals surface area (Å²) in [5.74, 6) is 1.13. The maximum atomic E-state index is 4.57. The Morgan fingerprint density at radius 3 is 2.41 bits per heavy atom. The van der Waals surface area contributed by atoms with E-state index in [1.54, 1.807) is 0 Å². The molecule has 0 aliphatic rings. The van der Waals surface area contributed by atoms with Gasteiger partial charge < -0.3 is 4.90 Å². The summed E-state index contributed by atoms with van der Waals surface area (Å²) in [6.07, 6.45) is 4.23. The third kappa shape index (κ3) is 2.57. The molecule has 90 valence electrons. The molecular weight excluding hydrogens is 208 g/mol. The molecule has 0 amide bonds. The van der Waals surface area contributed by atoms with Gasteiger partial charge in [0.15, 0.2) is 0 Å². The van der Waals surface area contributed by atoms with Gasteiger partial charge in [-0.05, 0) is 24.3 Å². The maximum Gasteiger partial charge on any atom is 0.136 e. The summed E-state index contributed by atoms with van der Waals surface area (Å²) >= 11 is 0. The molecule has 2 aromatic rings. The predicted octanol–water partition coefficient (Wildman–Crippen LogP) is 3.86. The largest absolute Gasteiger partial charge is 0.356 e. The van der Waals surface area contributed by atoms with Gasteiger partial charge in [0.2, 0.25) is 0 Å².